The number of sulfone groups is 1. The Bertz CT molecular complexity index is 580. The van der Waals surface area contributed by atoms with E-state index in [9.17, 15) is 13.2 Å². The molecule has 0 spiro atoms. The summed E-state index contributed by atoms with van der Waals surface area (Å²) in [7, 11) is -3.02. The molecule has 6 heteroatoms. The van der Waals surface area contributed by atoms with Gasteiger partial charge < -0.3 is 10.6 Å². The van der Waals surface area contributed by atoms with E-state index in [4.69, 9.17) is 0 Å². The van der Waals surface area contributed by atoms with Crippen molar-refractivity contribution < 1.29 is 13.2 Å². The fourth-order valence-corrected chi connectivity index (χ4v) is 4.28. The van der Waals surface area contributed by atoms with E-state index < -0.39 is 15.4 Å². The Morgan fingerprint density at radius 2 is 1.89 bits per heavy atom. The fourth-order valence-electron chi connectivity index (χ4n) is 2.18. The molecule has 1 atom stereocenters. The van der Waals surface area contributed by atoms with Crippen molar-refractivity contribution in [1.29, 1.82) is 0 Å². The van der Waals surface area contributed by atoms with Crippen molar-refractivity contribution in [2.45, 2.75) is 25.8 Å². The number of urea groups is 1. The maximum absolute atomic E-state index is 11.9. The Labute approximate surface area is 113 Å². The number of benzene rings is 1. The van der Waals surface area contributed by atoms with E-state index in [1.165, 1.54) is 0 Å². The van der Waals surface area contributed by atoms with Crippen molar-refractivity contribution in [1.82, 2.24) is 5.32 Å². The van der Waals surface area contributed by atoms with Crippen LogP contribution in [0.4, 0.5) is 10.5 Å². The molecule has 19 heavy (non-hydrogen) atoms. The summed E-state index contributed by atoms with van der Waals surface area (Å²) in [4.78, 5) is 11.9. The molecule has 1 saturated heterocycles. The average Bonchev–Trinajstić information content (AvgIpc) is 2.56. The Morgan fingerprint density at radius 1 is 1.26 bits per heavy atom. The smallest absolute Gasteiger partial charge is 0.319 e. The zero-order valence-electron chi connectivity index (χ0n) is 11.1. The summed E-state index contributed by atoms with van der Waals surface area (Å²) in [6, 6.07) is 7.04. The number of hydrogen-bond donors (Lipinski definition) is 2. The Hall–Kier alpha value is -1.56. The lowest BCUT2D eigenvalue weighted by Gasteiger charge is -2.24. The number of nitrogens with one attached hydrogen (secondary N) is 2. The number of carbonyl (C=O) groups excluding carboxylic acids is 1. The molecule has 0 aromatic heterocycles. The summed E-state index contributed by atoms with van der Waals surface area (Å²) in [5.74, 6) is 0.135. The zero-order chi connectivity index (χ0) is 14.1. The lowest BCUT2D eigenvalue weighted by atomic mass is 10.0. The molecule has 1 aliphatic rings. The maximum Gasteiger partial charge on any atom is 0.319 e. The van der Waals surface area contributed by atoms with Gasteiger partial charge in [-0.25, -0.2) is 13.2 Å². The molecule has 0 unspecified atom stereocenters. The van der Waals surface area contributed by atoms with Crippen LogP contribution in [0, 0.1) is 6.92 Å². The first-order chi connectivity index (χ1) is 8.78. The summed E-state index contributed by atoms with van der Waals surface area (Å²) >= 11 is 0. The van der Waals surface area contributed by atoms with Crippen molar-refractivity contribution in [3.63, 3.8) is 0 Å². The van der Waals surface area contributed by atoms with Gasteiger partial charge in [0.05, 0.1) is 17.0 Å². The number of aryl methyl sites for hydroxylation is 1. The van der Waals surface area contributed by atoms with E-state index in [1.54, 1.807) is 6.92 Å². The standard InChI is InChI=1S/C13H18N2O3S/c1-10-3-5-11(6-4-10)14-12(16)15-13(2)7-8-19(17,18)9-13/h3-6H,7-9H2,1-2H3,(H2,14,15,16)/t13-/m1/s1. The molecule has 1 aromatic rings. The lowest BCUT2D eigenvalue weighted by Crippen LogP contribution is -2.48. The molecule has 104 valence electrons. The Balaban J connectivity index is 1.97. The summed E-state index contributed by atoms with van der Waals surface area (Å²) in [5.41, 5.74) is 1.13. The van der Waals surface area contributed by atoms with E-state index in [2.05, 4.69) is 10.6 Å². The molecular formula is C13H18N2O3S. The monoisotopic (exact) mass is 282 g/mol. The minimum absolute atomic E-state index is 0.00131. The first-order valence-electron chi connectivity index (χ1n) is 6.14. The van der Waals surface area contributed by atoms with Gasteiger partial charge in [-0.05, 0) is 32.4 Å². The van der Waals surface area contributed by atoms with E-state index in [0.717, 1.165) is 5.56 Å². The van der Waals surface area contributed by atoms with E-state index in [1.807, 2.05) is 31.2 Å². The van der Waals surface area contributed by atoms with Gasteiger partial charge in [-0.15, -0.1) is 0 Å². The maximum atomic E-state index is 11.9. The number of carbonyl (C=O) groups is 1. The molecular weight excluding hydrogens is 264 g/mol. The van der Waals surface area contributed by atoms with Crippen LogP contribution in [-0.4, -0.2) is 31.5 Å². The second kappa shape index (κ2) is 4.85. The predicted molar refractivity (Wildman–Crippen MR) is 75.0 cm³/mol. The summed E-state index contributed by atoms with van der Waals surface area (Å²) < 4.78 is 22.9. The molecule has 2 amide bonds. The van der Waals surface area contributed by atoms with Gasteiger partial charge >= 0.3 is 6.03 Å². The van der Waals surface area contributed by atoms with Crippen LogP contribution in [-0.2, 0) is 9.84 Å². The molecule has 0 saturated carbocycles. The van der Waals surface area contributed by atoms with Crippen LogP contribution >= 0.6 is 0 Å². The summed E-state index contributed by atoms with van der Waals surface area (Å²) in [6.07, 6.45) is 0.455. The predicted octanol–water partition coefficient (Wildman–Crippen LogP) is 1.69. The van der Waals surface area contributed by atoms with Gasteiger partial charge in [0.15, 0.2) is 9.84 Å². The van der Waals surface area contributed by atoms with Crippen LogP contribution in [0.15, 0.2) is 24.3 Å². The molecule has 0 aliphatic carbocycles. The first-order valence-corrected chi connectivity index (χ1v) is 7.96. The molecule has 5 nitrogen and oxygen atoms in total. The highest BCUT2D eigenvalue weighted by atomic mass is 32.2. The number of anilines is 1. The number of rotatable bonds is 2. The third-order valence-electron chi connectivity index (χ3n) is 3.23. The van der Waals surface area contributed by atoms with Gasteiger partial charge in [-0.3, -0.25) is 0 Å². The summed E-state index contributed by atoms with van der Waals surface area (Å²) in [6.45, 7) is 3.72. The third-order valence-corrected chi connectivity index (χ3v) is 5.13. The van der Waals surface area contributed by atoms with E-state index >= 15 is 0 Å². The van der Waals surface area contributed by atoms with E-state index in [0.29, 0.717) is 12.1 Å². The topological polar surface area (TPSA) is 75.3 Å². The third kappa shape index (κ3) is 3.70. The van der Waals surface area contributed by atoms with Crippen LogP contribution in [0.2, 0.25) is 0 Å². The largest absolute Gasteiger partial charge is 0.332 e. The van der Waals surface area contributed by atoms with Gasteiger partial charge in [0.25, 0.3) is 0 Å². The Morgan fingerprint density at radius 3 is 2.42 bits per heavy atom. The molecule has 0 bridgehead atoms. The highest BCUT2D eigenvalue weighted by molar-refractivity contribution is 7.91. The van der Waals surface area contributed by atoms with E-state index in [-0.39, 0.29) is 17.5 Å². The molecule has 1 heterocycles. The van der Waals surface area contributed by atoms with Crippen LogP contribution < -0.4 is 10.6 Å². The second-order valence-electron chi connectivity index (χ2n) is 5.35. The fraction of sp³-hybridized carbons (Fsp3) is 0.462. The molecule has 2 N–H and O–H groups in total. The lowest BCUT2D eigenvalue weighted by molar-refractivity contribution is 0.242. The van der Waals surface area contributed by atoms with Crippen LogP contribution in [0.25, 0.3) is 0 Å². The number of hydrogen-bond acceptors (Lipinski definition) is 3. The average molecular weight is 282 g/mol. The summed E-state index contributed by atoms with van der Waals surface area (Å²) in [5, 5.41) is 5.45. The Kier molecular flexibility index (Phi) is 3.54. The highest BCUT2D eigenvalue weighted by Gasteiger charge is 2.39. The van der Waals surface area contributed by atoms with Gasteiger partial charge in [0.2, 0.25) is 0 Å². The van der Waals surface area contributed by atoms with Crippen molar-refractivity contribution in [2.75, 3.05) is 16.8 Å². The number of amides is 2. The van der Waals surface area contributed by atoms with Crippen molar-refractivity contribution in [3.05, 3.63) is 29.8 Å². The van der Waals surface area contributed by atoms with Crippen LogP contribution in [0.3, 0.4) is 0 Å². The van der Waals surface area contributed by atoms with Crippen molar-refractivity contribution in [2.24, 2.45) is 0 Å². The SMILES string of the molecule is Cc1ccc(NC(=O)N[C@]2(C)CCS(=O)(=O)C2)cc1. The highest BCUT2D eigenvalue weighted by Crippen LogP contribution is 2.22. The van der Waals surface area contributed by atoms with Crippen LogP contribution in [0.5, 0.6) is 0 Å². The van der Waals surface area contributed by atoms with Gasteiger partial charge in [-0.2, -0.15) is 0 Å². The molecule has 0 radical (unpaired) electrons. The minimum atomic E-state index is -3.02. The van der Waals surface area contributed by atoms with Crippen molar-refractivity contribution in [3.8, 4) is 0 Å². The molecule has 1 fully saturated rings. The van der Waals surface area contributed by atoms with Gasteiger partial charge in [0, 0.05) is 5.69 Å². The quantitative estimate of drug-likeness (QED) is 0.867. The van der Waals surface area contributed by atoms with Crippen molar-refractivity contribution >= 4 is 21.6 Å². The molecule has 1 aliphatic heterocycles. The minimum Gasteiger partial charge on any atom is -0.332 e. The zero-order valence-corrected chi connectivity index (χ0v) is 11.9. The van der Waals surface area contributed by atoms with Gasteiger partial charge in [0.1, 0.15) is 0 Å². The first kappa shape index (κ1) is 13.9. The second-order valence-corrected chi connectivity index (χ2v) is 7.53. The van der Waals surface area contributed by atoms with Crippen LogP contribution in [0.1, 0.15) is 18.9 Å². The normalized spacial score (nSPS) is 24.9. The molecule has 1 aromatic carbocycles. The van der Waals surface area contributed by atoms with Gasteiger partial charge in [-0.1, -0.05) is 17.7 Å². The molecule has 2 rings (SSSR count).